The number of fused-ring (bicyclic) bond motifs is 1. The normalized spacial score (nSPS) is 10.8. The molecule has 0 saturated carbocycles. The zero-order valence-corrected chi connectivity index (χ0v) is 17.7. The first-order chi connectivity index (χ1) is 14.2. The number of hydrogen-bond donors (Lipinski definition) is 0. The van der Waals surface area contributed by atoms with Crippen molar-refractivity contribution < 1.29 is 23.9 Å². The third-order valence-electron chi connectivity index (χ3n) is 4.52. The number of ketones is 1. The first kappa shape index (κ1) is 21.3. The van der Waals surface area contributed by atoms with Gasteiger partial charge in [-0.1, -0.05) is 11.6 Å². The van der Waals surface area contributed by atoms with Crippen LogP contribution in [0.4, 0.5) is 10.5 Å². The lowest BCUT2D eigenvalue weighted by molar-refractivity contribution is -0.124. The summed E-state index contributed by atoms with van der Waals surface area (Å²) < 4.78 is 7.90. The van der Waals surface area contributed by atoms with Crippen LogP contribution in [0.1, 0.15) is 36.8 Å². The maximum atomic E-state index is 13.5. The summed E-state index contributed by atoms with van der Waals surface area (Å²) in [6.07, 6.45) is 2.44. The first-order valence-electron chi connectivity index (χ1n) is 9.16. The van der Waals surface area contributed by atoms with Gasteiger partial charge in [0.15, 0.2) is 0 Å². The molecule has 2 heterocycles. The molecule has 9 heteroatoms. The number of benzene rings is 1. The van der Waals surface area contributed by atoms with E-state index in [9.17, 15) is 19.2 Å². The lowest BCUT2D eigenvalue weighted by Gasteiger charge is -2.18. The van der Waals surface area contributed by atoms with Gasteiger partial charge in [0.25, 0.3) is 0 Å². The molecule has 8 nitrogen and oxygen atoms in total. The topological polar surface area (TPSA) is 90.6 Å². The smallest absolute Gasteiger partial charge is 0.419 e. The van der Waals surface area contributed by atoms with Gasteiger partial charge in [0.1, 0.15) is 5.69 Å². The molecule has 3 rings (SSSR count). The molecule has 0 spiro atoms. The highest BCUT2D eigenvalue weighted by Gasteiger charge is 2.34. The van der Waals surface area contributed by atoms with Crippen LogP contribution in [0.15, 0.2) is 36.7 Å². The number of halogens is 1. The Bertz CT molecular complexity index is 1180. The summed E-state index contributed by atoms with van der Waals surface area (Å²) in [5, 5.41) is 0.658. The summed E-state index contributed by atoms with van der Waals surface area (Å²) in [6.45, 7) is 4.12. The summed E-state index contributed by atoms with van der Waals surface area (Å²) in [4.78, 5) is 51.9. The third kappa shape index (κ3) is 3.61. The van der Waals surface area contributed by atoms with E-state index in [0.29, 0.717) is 10.4 Å². The van der Waals surface area contributed by atoms with Crippen LogP contribution in [0.5, 0.6) is 0 Å². The Balaban J connectivity index is 2.48. The molecule has 0 saturated heterocycles. The molecule has 156 valence electrons. The van der Waals surface area contributed by atoms with Gasteiger partial charge in [-0.2, -0.15) is 0 Å². The third-order valence-corrected chi connectivity index (χ3v) is 4.75. The van der Waals surface area contributed by atoms with Gasteiger partial charge in [0.05, 0.1) is 17.8 Å². The Morgan fingerprint density at radius 2 is 1.77 bits per heavy atom. The van der Waals surface area contributed by atoms with E-state index in [1.54, 1.807) is 49.1 Å². The van der Waals surface area contributed by atoms with Crippen molar-refractivity contribution in [3.8, 4) is 0 Å². The zero-order chi connectivity index (χ0) is 22.2. The fourth-order valence-electron chi connectivity index (χ4n) is 3.37. The second-order valence-electron chi connectivity index (χ2n) is 6.66. The number of imide groups is 1. The monoisotopic (exact) mass is 429 g/mol. The van der Waals surface area contributed by atoms with Crippen LogP contribution in [0.2, 0.25) is 5.02 Å². The molecular formula is C21H20ClN3O5. The van der Waals surface area contributed by atoms with Gasteiger partial charge in [-0.15, -0.1) is 0 Å². The van der Waals surface area contributed by atoms with Crippen molar-refractivity contribution in [2.24, 2.45) is 7.05 Å². The van der Waals surface area contributed by atoms with Gasteiger partial charge in [-0.3, -0.25) is 14.4 Å². The van der Waals surface area contributed by atoms with Crippen molar-refractivity contribution >= 4 is 51.9 Å². The maximum absolute atomic E-state index is 13.5. The van der Waals surface area contributed by atoms with Crippen molar-refractivity contribution in [1.82, 2.24) is 9.13 Å². The second kappa shape index (κ2) is 8.16. The number of nitrogens with zero attached hydrogens (tertiary/aromatic N) is 3. The van der Waals surface area contributed by atoms with E-state index in [-0.39, 0.29) is 29.1 Å². The van der Waals surface area contributed by atoms with E-state index in [1.807, 2.05) is 0 Å². The average molecular weight is 430 g/mol. The SMILES string of the molecule is CCOC(=O)n1c(C(=O)c2ccn(C)c2)c(N(C(C)=O)C(C)=O)c2ccc(Cl)cc21. The first-order valence-corrected chi connectivity index (χ1v) is 9.54. The Morgan fingerprint density at radius 1 is 1.10 bits per heavy atom. The molecule has 0 fully saturated rings. The lowest BCUT2D eigenvalue weighted by atomic mass is 10.1. The van der Waals surface area contributed by atoms with E-state index in [4.69, 9.17) is 16.3 Å². The number of amides is 2. The molecule has 0 aliphatic carbocycles. The van der Waals surface area contributed by atoms with Crippen LogP contribution < -0.4 is 4.90 Å². The minimum Gasteiger partial charge on any atom is -0.449 e. The minimum atomic E-state index is -0.817. The second-order valence-corrected chi connectivity index (χ2v) is 7.10. The Kier molecular flexibility index (Phi) is 5.80. The van der Waals surface area contributed by atoms with Gasteiger partial charge in [-0.25, -0.2) is 14.3 Å². The predicted molar refractivity (Wildman–Crippen MR) is 112 cm³/mol. The fourth-order valence-corrected chi connectivity index (χ4v) is 3.53. The molecule has 0 bridgehead atoms. The van der Waals surface area contributed by atoms with E-state index in [2.05, 4.69) is 0 Å². The van der Waals surface area contributed by atoms with E-state index in [0.717, 1.165) is 9.47 Å². The summed E-state index contributed by atoms with van der Waals surface area (Å²) in [5.41, 5.74) is 0.402. The number of ether oxygens (including phenoxy) is 1. The number of carbonyl (C=O) groups excluding carboxylic acids is 4. The molecule has 2 aromatic heterocycles. The van der Waals surface area contributed by atoms with Crippen LogP contribution >= 0.6 is 11.6 Å². The van der Waals surface area contributed by atoms with Crippen LogP contribution in [0.3, 0.4) is 0 Å². The molecule has 0 unspecified atom stereocenters. The van der Waals surface area contributed by atoms with Crippen LogP contribution in [-0.2, 0) is 21.4 Å². The number of aryl methyl sites for hydroxylation is 1. The van der Waals surface area contributed by atoms with Gasteiger partial charge in [-0.05, 0) is 31.2 Å². The fraction of sp³-hybridized carbons (Fsp3) is 0.238. The number of anilines is 1. The number of carbonyl (C=O) groups is 4. The molecule has 1 aromatic carbocycles. The van der Waals surface area contributed by atoms with E-state index < -0.39 is 23.7 Å². The average Bonchev–Trinajstić information content (AvgIpc) is 3.22. The molecule has 0 aliphatic rings. The Morgan fingerprint density at radius 3 is 2.30 bits per heavy atom. The molecule has 0 aliphatic heterocycles. The van der Waals surface area contributed by atoms with Gasteiger partial charge in [0, 0.05) is 49.3 Å². The summed E-state index contributed by atoms with van der Waals surface area (Å²) in [5.74, 6) is -1.73. The van der Waals surface area contributed by atoms with Gasteiger partial charge < -0.3 is 9.30 Å². The summed E-state index contributed by atoms with van der Waals surface area (Å²) in [7, 11) is 1.75. The van der Waals surface area contributed by atoms with Crippen molar-refractivity contribution in [3.05, 3.63) is 52.9 Å². The highest BCUT2D eigenvalue weighted by Crippen LogP contribution is 2.37. The van der Waals surface area contributed by atoms with Crippen LogP contribution in [0, 0.1) is 0 Å². The molecule has 0 radical (unpaired) electrons. The van der Waals surface area contributed by atoms with Crippen LogP contribution in [-0.4, -0.2) is 39.4 Å². The van der Waals surface area contributed by atoms with Crippen molar-refractivity contribution in [1.29, 1.82) is 0 Å². The molecule has 3 aromatic rings. The quantitative estimate of drug-likeness (QED) is 0.589. The standard InChI is InChI=1S/C21H20ClN3O5/c1-5-30-21(29)25-17-10-15(22)6-7-16(17)18(24(12(2)26)13(3)27)19(25)20(28)14-8-9-23(4)11-14/h6-11H,5H2,1-4H3. The molecule has 0 atom stereocenters. The molecule has 0 N–H and O–H groups in total. The minimum absolute atomic E-state index is 0.0172. The molecule has 30 heavy (non-hydrogen) atoms. The molecule has 2 amide bonds. The predicted octanol–water partition coefficient (Wildman–Crippen LogP) is 3.77. The summed E-state index contributed by atoms with van der Waals surface area (Å²) >= 11 is 6.14. The van der Waals surface area contributed by atoms with Crippen molar-refractivity contribution in [3.63, 3.8) is 0 Å². The number of aromatic nitrogens is 2. The largest absolute Gasteiger partial charge is 0.449 e. The molecular weight excluding hydrogens is 410 g/mol. The van der Waals surface area contributed by atoms with Gasteiger partial charge in [0.2, 0.25) is 17.6 Å². The van der Waals surface area contributed by atoms with Crippen LogP contribution in [0.25, 0.3) is 10.9 Å². The van der Waals surface area contributed by atoms with E-state index in [1.165, 1.54) is 19.9 Å². The highest BCUT2D eigenvalue weighted by atomic mass is 35.5. The van der Waals surface area contributed by atoms with Gasteiger partial charge >= 0.3 is 6.09 Å². The number of hydrogen-bond acceptors (Lipinski definition) is 5. The van der Waals surface area contributed by atoms with Crippen molar-refractivity contribution in [2.45, 2.75) is 20.8 Å². The van der Waals surface area contributed by atoms with Crippen molar-refractivity contribution in [2.75, 3.05) is 11.5 Å². The summed E-state index contributed by atoms with van der Waals surface area (Å²) in [6, 6.07) is 6.18. The lowest BCUT2D eigenvalue weighted by Crippen LogP contribution is -2.34. The highest BCUT2D eigenvalue weighted by molar-refractivity contribution is 6.32. The Hall–Kier alpha value is -3.39. The zero-order valence-electron chi connectivity index (χ0n) is 16.9. The Labute approximate surface area is 177 Å². The number of rotatable bonds is 4. The maximum Gasteiger partial charge on any atom is 0.419 e. The van der Waals surface area contributed by atoms with E-state index >= 15 is 0 Å².